The summed E-state index contributed by atoms with van der Waals surface area (Å²) in [6, 6.07) is 14.2. The summed E-state index contributed by atoms with van der Waals surface area (Å²) >= 11 is 0. The first-order chi connectivity index (χ1) is 15.7. The first-order valence-electron chi connectivity index (χ1n) is 11.1. The molecule has 2 aromatic carbocycles. The second-order valence-corrected chi connectivity index (χ2v) is 8.38. The van der Waals surface area contributed by atoms with E-state index in [1.54, 1.807) is 0 Å². The van der Waals surface area contributed by atoms with Crippen LogP contribution < -0.4 is 4.90 Å². The molecule has 4 aromatic rings. The number of ether oxygens (including phenoxy) is 2. The summed E-state index contributed by atoms with van der Waals surface area (Å²) < 4.78 is 12.9. The Balaban J connectivity index is 1.66. The summed E-state index contributed by atoms with van der Waals surface area (Å²) in [6.07, 6.45) is 4.06. The number of carbonyl (C=O) groups excluding carboxylic acids is 1. The number of nitrogens with zero attached hydrogens (tertiary/aromatic N) is 4. The minimum atomic E-state index is -0.364. The monoisotopic (exact) mass is 428 g/mol. The maximum atomic E-state index is 12.8. The van der Waals surface area contributed by atoms with Gasteiger partial charge in [-0.05, 0) is 37.1 Å². The zero-order valence-electron chi connectivity index (χ0n) is 18.0. The molecule has 0 atom stereocenters. The predicted octanol–water partition coefficient (Wildman–Crippen LogP) is 4.07. The lowest BCUT2D eigenvalue weighted by Crippen LogP contribution is -2.36. The topological polar surface area (TPSA) is 69.5 Å². The number of anilines is 1. The molecule has 1 aliphatic heterocycles. The van der Waals surface area contributed by atoms with Gasteiger partial charge in [-0.1, -0.05) is 18.2 Å². The molecule has 162 valence electrons. The Kier molecular flexibility index (Phi) is 4.57. The van der Waals surface area contributed by atoms with Crippen molar-refractivity contribution in [2.45, 2.75) is 18.8 Å². The van der Waals surface area contributed by atoms with Crippen LogP contribution in [0, 0.1) is 0 Å². The number of esters is 1. The van der Waals surface area contributed by atoms with Crippen LogP contribution in [0.4, 0.5) is 5.69 Å². The second kappa shape index (κ2) is 7.60. The summed E-state index contributed by atoms with van der Waals surface area (Å²) in [5.41, 5.74) is 5.08. The lowest BCUT2D eigenvalue weighted by atomic mass is 10.1. The first-order valence-corrected chi connectivity index (χ1v) is 11.1. The zero-order chi connectivity index (χ0) is 21.7. The van der Waals surface area contributed by atoms with Crippen molar-refractivity contribution in [2.24, 2.45) is 0 Å². The molecule has 7 heteroatoms. The lowest BCUT2D eigenvalue weighted by molar-refractivity contribution is 0.0603. The molecule has 0 N–H and O–H groups in total. The fourth-order valence-electron chi connectivity index (χ4n) is 4.59. The third kappa shape index (κ3) is 3.12. The maximum Gasteiger partial charge on any atom is 0.340 e. The van der Waals surface area contributed by atoms with E-state index in [9.17, 15) is 4.79 Å². The number of imidazole rings is 1. The van der Waals surface area contributed by atoms with Gasteiger partial charge in [0.05, 0.1) is 42.6 Å². The number of fused-ring (bicyclic) bond motifs is 2. The molecular formula is C25H24N4O3. The molecule has 6 rings (SSSR count). The van der Waals surface area contributed by atoms with Gasteiger partial charge in [-0.15, -0.1) is 0 Å². The van der Waals surface area contributed by atoms with Gasteiger partial charge in [-0.2, -0.15) is 0 Å². The van der Waals surface area contributed by atoms with E-state index in [1.165, 1.54) is 7.11 Å². The number of methoxy groups -OCH3 is 1. The normalized spacial score (nSPS) is 16.6. The van der Waals surface area contributed by atoms with Crippen molar-refractivity contribution in [1.82, 2.24) is 14.5 Å². The molecule has 3 heterocycles. The van der Waals surface area contributed by atoms with Gasteiger partial charge in [0, 0.05) is 36.3 Å². The maximum absolute atomic E-state index is 12.8. The molecule has 2 aliphatic rings. The summed E-state index contributed by atoms with van der Waals surface area (Å²) in [5.74, 6) is 1.03. The Labute approximate surface area is 185 Å². The van der Waals surface area contributed by atoms with Crippen LogP contribution in [-0.4, -0.2) is 53.9 Å². The minimum absolute atomic E-state index is 0.364. The van der Waals surface area contributed by atoms with Crippen molar-refractivity contribution in [1.29, 1.82) is 0 Å². The van der Waals surface area contributed by atoms with Crippen molar-refractivity contribution in [3.05, 3.63) is 60.0 Å². The summed E-state index contributed by atoms with van der Waals surface area (Å²) in [7, 11) is 1.42. The zero-order valence-corrected chi connectivity index (χ0v) is 18.0. The van der Waals surface area contributed by atoms with Gasteiger partial charge >= 0.3 is 5.97 Å². The van der Waals surface area contributed by atoms with Gasteiger partial charge in [0.25, 0.3) is 0 Å². The van der Waals surface area contributed by atoms with Crippen LogP contribution >= 0.6 is 0 Å². The summed E-state index contributed by atoms with van der Waals surface area (Å²) in [6.45, 7) is 2.92. The Bertz CT molecular complexity index is 1330. The van der Waals surface area contributed by atoms with Gasteiger partial charge in [0.2, 0.25) is 0 Å². The van der Waals surface area contributed by atoms with Crippen LogP contribution in [0.2, 0.25) is 0 Å². The number of morpholine rings is 1. The minimum Gasteiger partial charge on any atom is -0.465 e. The number of carbonyl (C=O) groups is 1. The summed E-state index contributed by atoms with van der Waals surface area (Å²) in [4.78, 5) is 24.6. The first kappa shape index (κ1) is 19.3. The number of benzene rings is 2. The van der Waals surface area contributed by atoms with Crippen molar-refractivity contribution in [2.75, 3.05) is 38.3 Å². The third-order valence-electron chi connectivity index (χ3n) is 6.36. The molecule has 0 bridgehead atoms. The Morgan fingerprint density at radius 2 is 1.94 bits per heavy atom. The molecule has 0 amide bonds. The predicted molar refractivity (Wildman–Crippen MR) is 123 cm³/mol. The lowest BCUT2D eigenvalue weighted by Gasteiger charge is -2.29. The van der Waals surface area contributed by atoms with E-state index >= 15 is 0 Å². The molecule has 2 aromatic heterocycles. The quantitative estimate of drug-likeness (QED) is 0.457. The molecule has 0 unspecified atom stereocenters. The standard InChI is InChI=1S/C25H24N4O3/c1-31-25(30)19-14-17(28-10-12-32-13-11-28)15-22-23(19)27-24(16-6-7-16)29(22)21-8-9-26-20-5-3-2-4-18(20)21/h2-5,8-9,14-16H,6-7,10-13H2,1H3. The average Bonchev–Trinajstić information content (AvgIpc) is 3.63. The Morgan fingerprint density at radius 3 is 2.72 bits per heavy atom. The molecular weight excluding hydrogens is 404 g/mol. The number of hydrogen-bond donors (Lipinski definition) is 0. The van der Waals surface area contributed by atoms with Crippen molar-refractivity contribution in [3.63, 3.8) is 0 Å². The number of rotatable bonds is 4. The van der Waals surface area contributed by atoms with Crippen LogP contribution in [0.3, 0.4) is 0 Å². The van der Waals surface area contributed by atoms with Crippen molar-refractivity contribution < 1.29 is 14.3 Å². The van der Waals surface area contributed by atoms with Gasteiger partial charge in [-0.3, -0.25) is 9.55 Å². The average molecular weight is 428 g/mol. The smallest absolute Gasteiger partial charge is 0.340 e. The van der Waals surface area contributed by atoms with Crippen molar-refractivity contribution >= 4 is 33.6 Å². The number of para-hydroxylation sites is 1. The second-order valence-electron chi connectivity index (χ2n) is 8.38. The highest BCUT2D eigenvalue weighted by atomic mass is 16.5. The van der Waals surface area contributed by atoms with Crippen LogP contribution in [-0.2, 0) is 9.47 Å². The van der Waals surface area contributed by atoms with E-state index in [4.69, 9.17) is 14.5 Å². The Morgan fingerprint density at radius 1 is 1.12 bits per heavy atom. The molecule has 1 aliphatic carbocycles. The van der Waals surface area contributed by atoms with E-state index in [-0.39, 0.29) is 5.97 Å². The van der Waals surface area contributed by atoms with Crippen molar-refractivity contribution in [3.8, 4) is 5.69 Å². The molecule has 7 nitrogen and oxygen atoms in total. The highest BCUT2D eigenvalue weighted by molar-refractivity contribution is 6.05. The fraction of sp³-hybridized carbons (Fsp3) is 0.320. The molecule has 32 heavy (non-hydrogen) atoms. The Hall–Kier alpha value is -3.45. The van der Waals surface area contributed by atoms with Gasteiger partial charge in [0.15, 0.2) is 0 Å². The van der Waals surface area contributed by atoms with E-state index in [1.807, 2.05) is 36.5 Å². The van der Waals surface area contributed by atoms with Crippen LogP contribution in [0.25, 0.3) is 27.6 Å². The van der Waals surface area contributed by atoms with E-state index < -0.39 is 0 Å². The van der Waals surface area contributed by atoms with Gasteiger partial charge < -0.3 is 14.4 Å². The fourth-order valence-corrected chi connectivity index (χ4v) is 4.59. The number of pyridine rings is 1. The molecule has 0 spiro atoms. The van der Waals surface area contributed by atoms with Gasteiger partial charge in [0.1, 0.15) is 11.3 Å². The van der Waals surface area contributed by atoms with Crippen LogP contribution in [0.15, 0.2) is 48.7 Å². The highest BCUT2D eigenvalue weighted by Gasteiger charge is 2.32. The largest absolute Gasteiger partial charge is 0.465 e. The van der Waals surface area contributed by atoms with E-state index in [0.717, 1.165) is 59.5 Å². The van der Waals surface area contributed by atoms with Crippen LogP contribution in [0.1, 0.15) is 34.9 Å². The molecule has 1 saturated heterocycles. The third-order valence-corrected chi connectivity index (χ3v) is 6.36. The van der Waals surface area contributed by atoms with E-state index in [0.29, 0.717) is 30.2 Å². The van der Waals surface area contributed by atoms with E-state index in [2.05, 4.69) is 26.6 Å². The molecule has 1 saturated carbocycles. The number of aromatic nitrogens is 3. The SMILES string of the molecule is COC(=O)c1cc(N2CCOCC2)cc2c1nc(C1CC1)n2-c1ccnc2ccccc12. The number of hydrogen-bond acceptors (Lipinski definition) is 6. The van der Waals surface area contributed by atoms with Crippen LogP contribution in [0.5, 0.6) is 0 Å². The highest BCUT2D eigenvalue weighted by Crippen LogP contribution is 2.43. The summed E-state index contributed by atoms with van der Waals surface area (Å²) in [5, 5.41) is 1.06. The van der Waals surface area contributed by atoms with Gasteiger partial charge in [-0.25, -0.2) is 9.78 Å². The molecule has 0 radical (unpaired) electrons. The molecule has 2 fully saturated rings.